The maximum Gasteiger partial charge on any atom is 0.208 e. The first-order chi connectivity index (χ1) is 9.09. The van der Waals surface area contributed by atoms with Crippen molar-refractivity contribution in [1.29, 1.82) is 0 Å². The molecule has 2 rings (SSSR count). The summed E-state index contributed by atoms with van der Waals surface area (Å²) in [5.41, 5.74) is 5.80. The van der Waals surface area contributed by atoms with Crippen LogP contribution in [0.3, 0.4) is 0 Å². The van der Waals surface area contributed by atoms with Crippen LogP contribution in [0.25, 0.3) is 0 Å². The summed E-state index contributed by atoms with van der Waals surface area (Å²) < 4.78 is 24.9. The van der Waals surface area contributed by atoms with Crippen molar-refractivity contribution < 1.29 is 8.42 Å². The number of para-hydroxylation sites is 1. The van der Waals surface area contributed by atoms with E-state index in [0.717, 1.165) is 0 Å². The number of nitrogens with two attached hydrogens (primary N) is 2. The fourth-order valence-electron chi connectivity index (χ4n) is 1.68. The lowest BCUT2D eigenvalue weighted by Gasteiger charge is -2.10. The quantitative estimate of drug-likeness (QED) is 0.492. The summed E-state index contributed by atoms with van der Waals surface area (Å²) in [6.07, 6.45) is 0. The number of anilines is 2. The van der Waals surface area contributed by atoms with Crippen molar-refractivity contribution in [1.82, 2.24) is 0 Å². The first-order valence-corrected chi connectivity index (χ1v) is 6.95. The number of rotatable bonds is 4. The van der Waals surface area contributed by atoms with Gasteiger partial charge in [-0.1, -0.05) is 12.1 Å². The largest absolute Gasteiger partial charge is 0.324 e. The van der Waals surface area contributed by atoms with Gasteiger partial charge in [-0.3, -0.25) is 11.7 Å². The summed E-state index contributed by atoms with van der Waals surface area (Å²) in [7, 11) is -3.62. The van der Waals surface area contributed by atoms with Gasteiger partial charge in [0.15, 0.2) is 0 Å². The minimum Gasteiger partial charge on any atom is -0.324 e. The molecular formula is C12H14N4O2S. The minimum absolute atomic E-state index is 0.131. The van der Waals surface area contributed by atoms with Gasteiger partial charge in [0.25, 0.3) is 0 Å². The minimum atomic E-state index is -3.62. The molecule has 100 valence electrons. The Morgan fingerprint density at radius 1 is 0.842 bits per heavy atom. The first kappa shape index (κ1) is 13.3. The topological polar surface area (TPSA) is 110 Å². The molecule has 0 aliphatic carbocycles. The number of nitrogens with one attached hydrogen (secondary N) is 2. The van der Waals surface area contributed by atoms with Crippen molar-refractivity contribution in [2.75, 3.05) is 10.9 Å². The van der Waals surface area contributed by atoms with E-state index in [1.54, 1.807) is 30.3 Å². The Balaban J connectivity index is 2.52. The van der Waals surface area contributed by atoms with Gasteiger partial charge in [0.2, 0.25) is 9.84 Å². The zero-order valence-electron chi connectivity index (χ0n) is 10.00. The SMILES string of the molecule is NNc1ccc(S(=O)(=O)c2ccccc2NN)cc1. The number of hydrogen-bond donors (Lipinski definition) is 4. The van der Waals surface area contributed by atoms with E-state index < -0.39 is 9.84 Å². The molecular weight excluding hydrogens is 264 g/mol. The van der Waals surface area contributed by atoms with E-state index in [9.17, 15) is 8.42 Å². The Morgan fingerprint density at radius 3 is 2.05 bits per heavy atom. The second kappa shape index (κ2) is 5.27. The summed E-state index contributed by atoms with van der Waals surface area (Å²) in [4.78, 5) is 0.306. The first-order valence-electron chi connectivity index (χ1n) is 5.47. The van der Waals surface area contributed by atoms with Crippen LogP contribution in [0.4, 0.5) is 11.4 Å². The van der Waals surface area contributed by atoms with Crippen LogP contribution in [-0.4, -0.2) is 8.42 Å². The lowest BCUT2D eigenvalue weighted by atomic mass is 10.3. The summed E-state index contributed by atoms with van der Waals surface area (Å²) >= 11 is 0. The molecule has 0 amide bonds. The van der Waals surface area contributed by atoms with Gasteiger partial charge < -0.3 is 10.9 Å². The van der Waals surface area contributed by atoms with Crippen LogP contribution in [-0.2, 0) is 9.84 Å². The Kier molecular flexibility index (Phi) is 3.70. The molecule has 6 nitrogen and oxygen atoms in total. The van der Waals surface area contributed by atoms with E-state index >= 15 is 0 Å². The van der Waals surface area contributed by atoms with Crippen molar-refractivity contribution in [3.05, 3.63) is 48.5 Å². The van der Waals surface area contributed by atoms with E-state index in [4.69, 9.17) is 11.7 Å². The van der Waals surface area contributed by atoms with E-state index in [-0.39, 0.29) is 9.79 Å². The molecule has 19 heavy (non-hydrogen) atoms. The zero-order chi connectivity index (χ0) is 13.9. The zero-order valence-corrected chi connectivity index (χ0v) is 10.8. The smallest absolute Gasteiger partial charge is 0.208 e. The van der Waals surface area contributed by atoms with Gasteiger partial charge in [0.05, 0.1) is 15.5 Å². The fraction of sp³-hybridized carbons (Fsp3) is 0. The maximum absolute atomic E-state index is 12.5. The Labute approximate surface area is 111 Å². The van der Waals surface area contributed by atoms with Crippen LogP contribution in [0, 0.1) is 0 Å². The van der Waals surface area contributed by atoms with E-state index in [2.05, 4.69) is 10.9 Å². The third-order valence-electron chi connectivity index (χ3n) is 2.66. The summed E-state index contributed by atoms with van der Waals surface area (Å²) in [5.74, 6) is 10.6. The molecule has 0 aromatic heterocycles. The number of sulfone groups is 1. The third kappa shape index (κ3) is 2.53. The molecule has 0 aliphatic heterocycles. The highest BCUT2D eigenvalue weighted by Crippen LogP contribution is 2.27. The number of benzene rings is 2. The van der Waals surface area contributed by atoms with Gasteiger partial charge in [-0.05, 0) is 36.4 Å². The van der Waals surface area contributed by atoms with Crippen molar-refractivity contribution in [3.63, 3.8) is 0 Å². The molecule has 0 saturated carbocycles. The second-order valence-electron chi connectivity index (χ2n) is 3.81. The fourth-order valence-corrected chi connectivity index (χ4v) is 3.10. The van der Waals surface area contributed by atoms with Crippen LogP contribution in [0.15, 0.2) is 58.3 Å². The van der Waals surface area contributed by atoms with Gasteiger partial charge in [-0.25, -0.2) is 8.42 Å². The van der Waals surface area contributed by atoms with Crippen molar-refractivity contribution in [2.45, 2.75) is 9.79 Å². The highest BCUT2D eigenvalue weighted by atomic mass is 32.2. The third-order valence-corrected chi connectivity index (χ3v) is 4.49. The lowest BCUT2D eigenvalue weighted by molar-refractivity contribution is 0.596. The summed E-state index contributed by atoms with van der Waals surface area (Å²) in [5, 5.41) is 0. The Morgan fingerprint density at radius 2 is 1.47 bits per heavy atom. The molecule has 0 heterocycles. The highest BCUT2D eigenvalue weighted by Gasteiger charge is 2.20. The standard InChI is InChI=1S/C12H14N4O2S/c13-15-9-5-7-10(8-6-9)19(17,18)12-4-2-1-3-11(12)16-14/h1-8,15-16H,13-14H2. The monoisotopic (exact) mass is 278 g/mol. The van der Waals surface area contributed by atoms with Gasteiger partial charge >= 0.3 is 0 Å². The van der Waals surface area contributed by atoms with Crippen LogP contribution in [0.2, 0.25) is 0 Å². The molecule has 7 heteroatoms. The average molecular weight is 278 g/mol. The molecule has 0 radical (unpaired) electrons. The molecule has 0 atom stereocenters. The van der Waals surface area contributed by atoms with Gasteiger partial charge in [-0.2, -0.15) is 0 Å². The van der Waals surface area contributed by atoms with E-state index in [1.165, 1.54) is 18.2 Å². The molecule has 2 aromatic rings. The van der Waals surface area contributed by atoms with Gasteiger partial charge in [0, 0.05) is 5.69 Å². The van der Waals surface area contributed by atoms with Crippen molar-refractivity contribution in [2.24, 2.45) is 11.7 Å². The number of hydrazine groups is 2. The van der Waals surface area contributed by atoms with Crippen LogP contribution in [0.1, 0.15) is 0 Å². The molecule has 0 bridgehead atoms. The molecule has 0 saturated heterocycles. The van der Waals surface area contributed by atoms with Crippen molar-refractivity contribution >= 4 is 21.2 Å². The molecule has 0 unspecified atom stereocenters. The Bertz CT molecular complexity index is 668. The van der Waals surface area contributed by atoms with Crippen LogP contribution < -0.4 is 22.5 Å². The van der Waals surface area contributed by atoms with Crippen LogP contribution in [0.5, 0.6) is 0 Å². The molecule has 0 aliphatic rings. The summed E-state index contributed by atoms with van der Waals surface area (Å²) in [6, 6.07) is 12.6. The van der Waals surface area contributed by atoms with Crippen LogP contribution >= 0.6 is 0 Å². The van der Waals surface area contributed by atoms with Gasteiger partial charge in [0.1, 0.15) is 0 Å². The average Bonchev–Trinajstić information content (AvgIpc) is 2.47. The predicted molar refractivity (Wildman–Crippen MR) is 74.0 cm³/mol. The molecule has 2 aromatic carbocycles. The Hall–Kier alpha value is -2.09. The normalized spacial score (nSPS) is 11.1. The predicted octanol–water partition coefficient (Wildman–Crippen LogP) is 1.09. The highest BCUT2D eigenvalue weighted by molar-refractivity contribution is 7.91. The van der Waals surface area contributed by atoms with E-state index in [0.29, 0.717) is 11.4 Å². The molecule has 0 fully saturated rings. The molecule has 0 spiro atoms. The number of hydrogen-bond acceptors (Lipinski definition) is 6. The van der Waals surface area contributed by atoms with Crippen molar-refractivity contribution in [3.8, 4) is 0 Å². The molecule has 6 N–H and O–H groups in total. The second-order valence-corrected chi connectivity index (χ2v) is 5.73. The lowest BCUT2D eigenvalue weighted by Crippen LogP contribution is -2.12. The van der Waals surface area contributed by atoms with E-state index in [1.807, 2.05) is 0 Å². The summed E-state index contributed by atoms with van der Waals surface area (Å²) in [6.45, 7) is 0. The van der Waals surface area contributed by atoms with Gasteiger partial charge in [-0.15, -0.1) is 0 Å². The number of nitrogen functional groups attached to an aromatic ring is 2. The maximum atomic E-state index is 12.5.